The van der Waals surface area contributed by atoms with Crippen LogP contribution < -0.4 is 5.32 Å². The third-order valence-electron chi connectivity index (χ3n) is 2.80. The fourth-order valence-corrected chi connectivity index (χ4v) is 2.52. The van der Waals surface area contributed by atoms with E-state index in [0.29, 0.717) is 10.6 Å². The molecule has 0 saturated carbocycles. The van der Waals surface area contributed by atoms with Gasteiger partial charge in [-0.3, -0.25) is 4.79 Å². The number of amides is 1. The summed E-state index contributed by atoms with van der Waals surface area (Å²) in [5.74, 6) is -0.115. The van der Waals surface area contributed by atoms with Gasteiger partial charge in [0.25, 0.3) is 5.91 Å². The zero-order valence-corrected chi connectivity index (χ0v) is 12.3. The topological polar surface area (TPSA) is 29.1 Å². The Morgan fingerprint density at radius 2 is 1.95 bits per heavy atom. The summed E-state index contributed by atoms with van der Waals surface area (Å²) >= 11 is 7.50. The fourth-order valence-electron chi connectivity index (χ4n) is 1.75. The summed E-state index contributed by atoms with van der Waals surface area (Å²) in [6, 6.07) is 13.0. The highest BCUT2D eigenvalue weighted by Crippen LogP contribution is 2.24. The van der Waals surface area contributed by atoms with Crippen LogP contribution in [0.2, 0.25) is 5.02 Å². The number of thioether (sulfide) groups is 1. The largest absolute Gasteiger partial charge is 0.322 e. The van der Waals surface area contributed by atoms with Crippen LogP contribution in [0.15, 0.2) is 47.4 Å². The zero-order valence-electron chi connectivity index (χ0n) is 10.7. The molecule has 0 spiro atoms. The number of benzene rings is 2. The number of anilines is 1. The second kappa shape index (κ2) is 6.13. The van der Waals surface area contributed by atoms with E-state index in [4.69, 9.17) is 11.6 Å². The molecular weight excluding hydrogens is 278 g/mol. The van der Waals surface area contributed by atoms with E-state index in [2.05, 4.69) is 5.32 Å². The highest BCUT2D eigenvalue weighted by Gasteiger charge is 2.11. The van der Waals surface area contributed by atoms with Gasteiger partial charge in [-0.05, 0) is 43.0 Å². The average molecular weight is 292 g/mol. The molecule has 98 valence electrons. The minimum Gasteiger partial charge on any atom is -0.322 e. The number of hydrogen-bond acceptors (Lipinski definition) is 2. The van der Waals surface area contributed by atoms with Crippen molar-refractivity contribution in [1.29, 1.82) is 0 Å². The second-order valence-electron chi connectivity index (χ2n) is 4.11. The summed E-state index contributed by atoms with van der Waals surface area (Å²) in [4.78, 5) is 13.2. The van der Waals surface area contributed by atoms with E-state index in [-0.39, 0.29) is 5.91 Å². The molecule has 1 N–H and O–H groups in total. The lowest BCUT2D eigenvalue weighted by Crippen LogP contribution is -2.13. The maximum absolute atomic E-state index is 12.3. The Balaban J connectivity index is 2.28. The molecule has 1 amide bonds. The van der Waals surface area contributed by atoms with Gasteiger partial charge in [-0.15, -0.1) is 11.8 Å². The Morgan fingerprint density at radius 1 is 1.21 bits per heavy atom. The number of aryl methyl sites for hydroxylation is 1. The van der Waals surface area contributed by atoms with Gasteiger partial charge in [-0.1, -0.05) is 29.8 Å². The van der Waals surface area contributed by atoms with Crippen molar-refractivity contribution in [2.75, 3.05) is 11.6 Å². The van der Waals surface area contributed by atoms with E-state index in [1.807, 2.05) is 49.6 Å². The van der Waals surface area contributed by atoms with Crippen molar-refractivity contribution in [3.8, 4) is 0 Å². The number of carbonyl (C=O) groups excluding carboxylic acids is 1. The summed E-state index contributed by atoms with van der Waals surface area (Å²) in [6.07, 6.45) is 1.96. The summed E-state index contributed by atoms with van der Waals surface area (Å²) in [6.45, 7) is 1.94. The lowest BCUT2D eigenvalue weighted by atomic mass is 10.1. The molecule has 0 aromatic heterocycles. The van der Waals surface area contributed by atoms with E-state index in [1.54, 1.807) is 17.8 Å². The van der Waals surface area contributed by atoms with E-state index >= 15 is 0 Å². The van der Waals surface area contributed by atoms with Crippen LogP contribution in [0.1, 0.15) is 15.9 Å². The van der Waals surface area contributed by atoms with Crippen molar-refractivity contribution >= 4 is 35.0 Å². The average Bonchev–Trinajstić information content (AvgIpc) is 2.42. The third-order valence-corrected chi connectivity index (χ3v) is 3.83. The van der Waals surface area contributed by atoms with E-state index in [9.17, 15) is 4.79 Å². The van der Waals surface area contributed by atoms with Gasteiger partial charge in [-0.2, -0.15) is 0 Å². The number of hydrogen-bond donors (Lipinski definition) is 1. The molecule has 0 fully saturated rings. The Morgan fingerprint density at radius 3 is 2.68 bits per heavy atom. The van der Waals surface area contributed by atoms with Crippen molar-refractivity contribution in [1.82, 2.24) is 0 Å². The van der Waals surface area contributed by atoms with Crippen LogP contribution >= 0.6 is 23.4 Å². The Bertz CT molecular complexity index is 613. The molecular formula is C15H14ClNOS. The molecule has 2 aromatic carbocycles. The Kier molecular flexibility index (Phi) is 4.51. The number of nitrogens with one attached hydrogen (secondary N) is 1. The molecule has 2 aromatic rings. The lowest BCUT2D eigenvalue weighted by Gasteiger charge is -2.10. The molecule has 0 atom stereocenters. The molecule has 0 aliphatic rings. The van der Waals surface area contributed by atoms with Gasteiger partial charge in [0, 0.05) is 15.6 Å². The van der Waals surface area contributed by atoms with Crippen LogP contribution in [0.5, 0.6) is 0 Å². The van der Waals surface area contributed by atoms with Crippen LogP contribution in [0, 0.1) is 6.92 Å². The summed E-state index contributed by atoms with van der Waals surface area (Å²) in [5.41, 5.74) is 2.40. The van der Waals surface area contributed by atoms with Gasteiger partial charge in [0.2, 0.25) is 0 Å². The first kappa shape index (κ1) is 14.0. The third kappa shape index (κ3) is 3.31. The van der Waals surface area contributed by atoms with Crippen LogP contribution in [-0.4, -0.2) is 12.2 Å². The molecule has 0 heterocycles. The van der Waals surface area contributed by atoms with Gasteiger partial charge in [0.15, 0.2) is 0 Å². The minimum absolute atomic E-state index is 0.115. The van der Waals surface area contributed by atoms with E-state index in [1.165, 1.54) is 0 Å². The Hall–Kier alpha value is -1.45. The van der Waals surface area contributed by atoms with Crippen molar-refractivity contribution in [3.63, 3.8) is 0 Å². The highest BCUT2D eigenvalue weighted by atomic mass is 35.5. The van der Waals surface area contributed by atoms with Crippen molar-refractivity contribution in [3.05, 3.63) is 58.6 Å². The monoisotopic (exact) mass is 291 g/mol. The first-order valence-corrected chi connectivity index (χ1v) is 7.42. The fraction of sp³-hybridized carbons (Fsp3) is 0.133. The van der Waals surface area contributed by atoms with Crippen LogP contribution in [0.4, 0.5) is 5.69 Å². The van der Waals surface area contributed by atoms with Crippen molar-refractivity contribution < 1.29 is 4.79 Å². The second-order valence-corrected chi connectivity index (χ2v) is 5.40. The Labute approximate surface area is 122 Å². The number of halogens is 1. The van der Waals surface area contributed by atoms with Crippen LogP contribution in [0.3, 0.4) is 0 Å². The van der Waals surface area contributed by atoms with Gasteiger partial charge in [-0.25, -0.2) is 0 Å². The van der Waals surface area contributed by atoms with Crippen molar-refractivity contribution in [2.45, 2.75) is 11.8 Å². The predicted octanol–water partition coefficient (Wildman–Crippen LogP) is 4.62. The predicted molar refractivity (Wildman–Crippen MR) is 82.4 cm³/mol. The normalized spacial score (nSPS) is 10.3. The molecule has 19 heavy (non-hydrogen) atoms. The zero-order chi connectivity index (χ0) is 13.8. The molecule has 0 aliphatic heterocycles. The molecule has 0 saturated heterocycles. The van der Waals surface area contributed by atoms with Crippen molar-refractivity contribution in [2.24, 2.45) is 0 Å². The van der Waals surface area contributed by atoms with Gasteiger partial charge >= 0.3 is 0 Å². The van der Waals surface area contributed by atoms with Gasteiger partial charge in [0.1, 0.15) is 0 Å². The maximum Gasteiger partial charge on any atom is 0.256 e. The molecule has 0 unspecified atom stereocenters. The van der Waals surface area contributed by atoms with Gasteiger partial charge < -0.3 is 5.32 Å². The standard InChI is InChI=1S/C15H14ClNOS/c1-10-7-8-11(16)9-13(10)17-15(18)12-5-3-4-6-14(12)19-2/h3-9H,1-2H3,(H,17,18). The first-order valence-electron chi connectivity index (χ1n) is 5.82. The number of carbonyl (C=O) groups is 1. The maximum atomic E-state index is 12.3. The summed E-state index contributed by atoms with van der Waals surface area (Å²) in [7, 11) is 0. The number of rotatable bonds is 3. The summed E-state index contributed by atoms with van der Waals surface area (Å²) in [5, 5.41) is 3.52. The smallest absolute Gasteiger partial charge is 0.256 e. The quantitative estimate of drug-likeness (QED) is 0.836. The minimum atomic E-state index is -0.115. The SMILES string of the molecule is CSc1ccccc1C(=O)Nc1cc(Cl)ccc1C. The van der Waals surface area contributed by atoms with Crippen LogP contribution in [0.25, 0.3) is 0 Å². The van der Waals surface area contributed by atoms with E-state index < -0.39 is 0 Å². The lowest BCUT2D eigenvalue weighted by molar-refractivity contribution is 0.102. The molecule has 2 nitrogen and oxygen atoms in total. The molecule has 0 aliphatic carbocycles. The molecule has 0 radical (unpaired) electrons. The first-order chi connectivity index (χ1) is 9.11. The van der Waals surface area contributed by atoms with E-state index in [0.717, 1.165) is 16.1 Å². The van der Waals surface area contributed by atoms with Crippen LogP contribution in [-0.2, 0) is 0 Å². The summed E-state index contributed by atoms with van der Waals surface area (Å²) < 4.78 is 0. The molecule has 4 heteroatoms. The molecule has 0 bridgehead atoms. The van der Waals surface area contributed by atoms with Gasteiger partial charge in [0.05, 0.1) is 5.56 Å². The molecule has 2 rings (SSSR count). The highest BCUT2D eigenvalue weighted by molar-refractivity contribution is 7.98.